The lowest BCUT2D eigenvalue weighted by Gasteiger charge is -2.29. The predicted molar refractivity (Wildman–Crippen MR) is 120 cm³/mol. The van der Waals surface area contributed by atoms with Crippen LogP contribution in [0.3, 0.4) is 0 Å². The largest absolute Gasteiger partial charge is 0.306 e. The Balaban J connectivity index is 1.52. The Morgan fingerprint density at radius 2 is 1.77 bits per heavy atom. The molecule has 5 rings (SSSR count). The van der Waals surface area contributed by atoms with Gasteiger partial charge in [-0.15, -0.1) is 0 Å². The molecule has 30 heavy (non-hydrogen) atoms. The number of fused-ring (bicyclic) bond motifs is 2. The van der Waals surface area contributed by atoms with E-state index in [2.05, 4.69) is 35.9 Å². The van der Waals surface area contributed by atoms with Crippen LogP contribution < -0.4 is 5.56 Å². The Hall–Kier alpha value is -3.25. The summed E-state index contributed by atoms with van der Waals surface area (Å²) in [7, 11) is 0. The van der Waals surface area contributed by atoms with E-state index in [-0.39, 0.29) is 5.56 Å². The van der Waals surface area contributed by atoms with Crippen molar-refractivity contribution in [1.82, 2.24) is 23.7 Å². The van der Waals surface area contributed by atoms with Crippen LogP contribution in [-0.2, 0) is 0 Å². The molecule has 1 aliphatic heterocycles. The Morgan fingerprint density at radius 1 is 0.967 bits per heavy atom. The molecule has 0 saturated heterocycles. The molecule has 0 amide bonds. The molecule has 0 fully saturated rings. The Bertz CT molecular complexity index is 1340. The van der Waals surface area contributed by atoms with Gasteiger partial charge in [0.1, 0.15) is 11.3 Å². The maximum Gasteiger partial charge on any atom is 0.258 e. The highest BCUT2D eigenvalue weighted by Crippen LogP contribution is 2.24. The van der Waals surface area contributed by atoms with Crippen molar-refractivity contribution >= 4 is 16.9 Å². The number of rotatable bonds is 3. The van der Waals surface area contributed by atoms with Crippen LogP contribution in [0.25, 0.3) is 28.1 Å². The minimum atomic E-state index is -0.0704. The second-order valence-electron chi connectivity index (χ2n) is 8.26. The molecule has 4 aromatic rings. The van der Waals surface area contributed by atoms with Crippen molar-refractivity contribution in [1.29, 1.82) is 0 Å². The van der Waals surface area contributed by atoms with Crippen molar-refractivity contribution in [3.63, 3.8) is 0 Å². The van der Waals surface area contributed by atoms with Gasteiger partial charge in [-0.05, 0) is 62.6 Å². The fourth-order valence-electron chi connectivity index (χ4n) is 4.13. The number of nitrogens with zero attached hydrogens (tertiary/aromatic N) is 5. The zero-order valence-corrected chi connectivity index (χ0v) is 17.5. The first-order chi connectivity index (χ1) is 14.5. The molecular weight excluding hydrogens is 374 g/mol. The van der Waals surface area contributed by atoms with Gasteiger partial charge in [-0.2, -0.15) is 0 Å². The van der Waals surface area contributed by atoms with Gasteiger partial charge in [-0.3, -0.25) is 14.1 Å². The molecule has 0 aromatic carbocycles. The number of aryl methyl sites for hydroxylation is 1. The van der Waals surface area contributed by atoms with Gasteiger partial charge in [0.2, 0.25) is 0 Å². The van der Waals surface area contributed by atoms with E-state index in [1.165, 1.54) is 5.57 Å². The van der Waals surface area contributed by atoms with Crippen molar-refractivity contribution in [2.45, 2.75) is 33.2 Å². The number of aromatic nitrogens is 4. The third-order valence-corrected chi connectivity index (χ3v) is 5.87. The SMILES string of the molecule is Cc1cn2cc(-c3cc(=O)n4cc(C5=CCN(C(C)C)CC5)ccc4n3)ccc2n1. The van der Waals surface area contributed by atoms with E-state index in [4.69, 9.17) is 4.98 Å². The van der Waals surface area contributed by atoms with Gasteiger partial charge in [0.25, 0.3) is 5.56 Å². The van der Waals surface area contributed by atoms with Gasteiger partial charge in [0, 0.05) is 49.4 Å². The molecule has 0 atom stereocenters. The van der Waals surface area contributed by atoms with E-state index in [9.17, 15) is 4.79 Å². The van der Waals surface area contributed by atoms with Gasteiger partial charge in [-0.1, -0.05) is 6.08 Å². The van der Waals surface area contributed by atoms with E-state index in [1.54, 1.807) is 10.5 Å². The zero-order valence-electron chi connectivity index (χ0n) is 17.5. The minimum absolute atomic E-state index is 0.0704. The van der Waals surface area contributed by atoms with Gasteiger partial charge in [0.15, 0.2) is 0 Å². The van der Waals surface area contributed by atoms with Gasteiger partial charge < -0.3 is 4.40 Å². The van der Waals surface area contributed by atoms with Gasteiger partial charge in [0.05, 0.1) is 11.4 Å². The van der Waals surface area contributed by atoms with Gasteiger partial charge >= 0.3 is 0 Å². The number of pyridine rings is 2. The highest BCUT2D eigenvalue weighted by molar-refractivity contribution is 5.68. The van der Waals surface area contributed by atoms with Crippen molar-refractivity contribution in [2.75, 3.05) is 13.1 Å². The second kappa shape index (κ2) is 7.22. The van der Waals surface area contributed by atoms with E-state index in [1.807, 2.05) is 48.1 Å². The van der Waals surface area contributed by atoms with E-state index in [0.29, 0.717) is 17.4 Å². The quantitative estimate of drug-likeness (QED) is 0.526. The van der Waals surface area contributed by atoms with Crippen molar-refractivity contribution in [2.24, 2.45) is 0 Å². The lowest BCUT2D eigenvalue weighted by Crippen LogP contribution is -2.34. The molecule has 6 nitrogen and oxygen atoms in total. The number of imidazole rings is 1. The summed E-state index contributed by atoms with van der Waals surface area (Å²) >= 11 is 0. The van der Waals surface area contributed by atoms with Crippen LogP contribution in [0, 0.1) is 6.92 Å². The fraction of sp³-hybridized carbons (Fsp3) is 0.292. The van der Waals surface area contributed by atoms with Crippen LogP contribution in [0.2, 0.25) is 0 Å². The minimum Gasteiger partial charge on any atom is -0.306 e. The Kier molecular flexibility index (Phi) is 4.51. The average molecular weight is 399 g/mol. The maximum atomic E-state index is 12.9. The summed E-state index contributed by atoms with van der Waals surface area (Å²) in [5.41, 5.74) is 6.39. The summed E-state index contributed by atoms with van der Waals surface area (Å²) < 4.78 is 3.61. The third kappa shape index (κ3) is 3.33. The van der Waals surface area contributed by atoms with Crippen LogP contribution in [0.5, 0.6) is 0 Å². The van der Waals surface area contributed by atoms with Crippen LogP contribution in [-0.4, -0.2) is 42.8 Å². The molecule has 0 spiro atoms. The first-order valence-corrected chi connectivity index (χ1v) is 10.4. The molecule has 4 aromatic heterocycles. The summed E-state index contributed by atoms with van der Waals surface area (Å²) in [5, 5.41) is 0. The summed E-state index contributed by atoms with van der Waals surface area (Å²) in [5.74, 6) is 0. The smallest absolute Gasteiger partial charge is 0.258 e. The molecule has 0 bridgehead atoms. The monoisotopic (exact) mass is 399 g/mol. The lowest BCUT2D eigenvalue weighted by molar-refractivity contribution is 0.245. The molecule has 0 saturated carbocycles. The second-order valence-corrected chi connectivity index (χ2v) is 8.26. The van der Waals surface area contributed by atoms with E-state index in [0.717, 1.165) is 42.0 Å². The Morgan fingerprint density at radius 3 is 2.53 bits per heavy atom. The summed E-state index contributed by atoms with van der Waals surface area (Å²) in [6.45, 7) is 8.41. The van der Waals surface area contributed by atoms with Crippen molar-refractivity contribution < 1.29 is 0 Å². The predicted octanol–water partition coefficient (Wildman–Crippen LogP) is 3.82. The average Bonchev–Trinajstić information content (AvgIpc) is 3.12. The first kappa shape index (κ1) is 18.8. The molecule has 0 aliphatic carbocycles. The van der Waals surface area contributed by atoms with E-state index >= 15 is 0 Å². The summed E-state index contributed by atoms with van der Waals surface area (Å²) in [6, 6.07) is 10.1. The highest BCUT2D eigenvalue weighted by atomic mass is 16.1. The molecule has 152 valence electrons. The highest BCUT2D eigenvalue weighted by Gasteiger charge is 2.16. The standard InChI is InChI=1S/C24H25N5O/c1-16(2)27-10-8-18(9-11-27)19-4-7-23-26-21(12-24(30)29(23)15-19)20-5-6-22-25-17(3)13-28(22)14-20/h4-8,12-16H,9-11H2,1-3H3. The molecule has 0 N–H and O–H groups in total. The molecule has 6 heteroatoms. The molecule has 1 aliphatic rings. The van der Waals surface area contributed by atoms with Crippen LogP contribution >= 0.6 is 0 Å². The first-order valence-electron chi connectivity index (χ1n) is 10.4. The molecule has 5 heterocycles. The van der Waals surface area contributed by atoms with Crippen LogP contribution in [0.15, 0.2) is 59.8 Å². The number of hydrogen-bond donors (Lipinski definition) is 0. The lowest BCUT2D eigenvalue weighted by atomic mass is 10.0. The molecule has 0 radical (unpaired) electrons. The molecular formula is C24H25N5O. The topological polar surface area (TPSA) is 54.9 Å². The van der Waals surface area contributed by atoms with Crippen molar-refractivity contribution in [3.05, 3.63) is 76.6 Å². The number of hydrogen-bond acceptors (Lipinski definition) is 4. The summed E-state index contributed by atoms with van der Waals surface area (Å²) in [6.07, 6.45) is 9.13. The van der Waals surface area contributed by atoms with Gasteiger partial charge in [-0.25, -0.2) is 9.97 Å². The molecule has 0 unspecified atom stereocenters. The zero-order chi connectivity index (χ0) is 20.8. The third-order valence-electron chi connectivity index (χ3n) is 5.87. The maximum absolute atomic E-state index is 12.9. The fourth-order valence-corrected chi connectivity index (χ4v) is 4.13. The van der Waals surface area contributed by atoms with Crippen molar-refractivity contribution in [3.8, 4) is 11.3 Å². The normalized spacial score (nSPS) is 15.3. The van der Waals surface area contributed by atoms with Crippen LogP contribution in [0.1, 0.15) is 31.5 Å². The van der Waals surface area contributed by atoms with E-state index < -0.39 is 0 Å². The Labute approximate surface area is 175 Å². The van der Waals surface area contributed by atoms with Crippen LogP contribution in [0.4, 0.5) is 0 Å². The summed E-state index contributed by atoms with van der Waals surface area (Å²) in [4.78, 5) is 24.5.